The highest BCUT2D eigenvalue weighted by Crippen LogP contribution is 2.18. The Morgan fingerprint density at radius 2 is 1.93 bits per heavy atom. The zero-order valence-corrected chi connectivity index (χ0v) is 7.80. The Morgan fingerprint density at radius 1 is 1.33 bits per heavy atom. The van der Waals surface area contributed by atoms with Crippen LogP contribution in [0, 0.1) is 10.1 Å². The summed E-state index contributed by atoms with van der Waals surface area (Å²) in [5.41, 5.74) is -0.624. The molecule has 0 heterocycles. The van der Waals surface area contributed by atoms with Crippen LogP contribution in [0.3, 0.4) is 0 Å². The lowest BCUT2D eigenvalue weighted by Crippen LogP contribution is -2.11. The third kappa shape index (κ3) is 2.60. The maximum atomic E-state index is 11.2. The Morgan fingerprint density at radius 3 is 2.47 bits per heavy atom. The molecule has 1 rings (SSSR count). The van der Waals surface area contributed by atoms with Crippen molar-refractivity contribution in [2.75, 3.05) is 0 Å². The molecular weight excluding hydrogens is 202 g/mol. The van der Waals surface area contributed by atoms with Crippen LogP contribution in [0.25, 0.3) is 0 Å². The third-order valence-electron chi connectivity index (χ3n) is 1.56. The summed E-state index contributed by atoms with van der Waals surface area (Å²) in [4.78, 5) is 31.5. The molecule has 0 saturated carbocycles. The van der Waals surface area contributed by atoms with Gasteiger partial charge in [-0.15, -0.1) is 0 Å². The van der Waals surface area contributed by atoms with Gasteiger partial charge in [-0.3, -0.25) is 14.9 Å². The second-order valence-corrected chi connectivity index (χ2v) is 2.66. The predicted molar refractivity (Wildman–Crippen MR) is 49.2 cm³/mol. The van der Waals surface area contributed by atoms with Crippen molar-refractivity contribution in [1.29, 1.82) is 0 Å². The first-order valence-corrected chi connectivity index (χ1v) is 3.98. The highest BCUT2D eigenvalue weighted by Gasteiger charge is 2.21. The van der Waals surface area contributed by atoms with Gasteiger partial charge in [-0.05, 0) is 6.07 Å². The number of nitro groups is 1. The van der Waals surface area contributed by atoms with Crippen molar-refractivity contribution in [3.63, 3.8) is 0 Å². The van der Waals surface area contributed by atoms with Gasteiger partial charge in [0, 0.05) is 13.0 Å². The van der Waals surface area contributed by atoms with Crippen LogP contribution in [0.4, 0.5) is 5.69 Å². The van der Waals surface area contributed by atoms with Crippen LogP contribution in [-0.2, 0) is 9.53 Å². The fraction of sp³-hybridized carbons (Fsp3) is 0.111. The fourth-order valence-electron chi connectivity index (χ4n) is 0.991. The van der Waals surface area contributed by atoms with Crippen molar-refractivity contribution >= 4 is 17.6 Å². The van der Waals surface area contributed by atoms with Crippen molar-refractivity contribution in [3.05, 3.63) is 39.9 Å². The van der Waals surface area contributed by atoms with Crippen LogP contribution in [0.5, 0.6) is 0 Å². The molecule has 78 valence electrons. The lowest BCUT2D eigenvalue weighted by Gasteiger charge is -2.00. The minimum Gasteiger partial charge on any atom is -0.389 e. The average Bonchev–Trinajstić information content (AvgIpc) is 2.16. The molecular formula is C9H7NO5. The lowest BCUT2D eigenvalue weighted by molar-refractivity contribution is -0.385. The maximum Gasteiger partial charge on any atom is 0.352 e. The Bertz CT molecular complexity index is 426. The quantitative estimate of drug-likeness (QED) is 0.317. The van der Waals surface area contributed by atoms with Gasteiger partial charge in [0.05, 0.1) is 4.92 Å². The number of para-hydroxylation sites is 1. The van der Waals surface area contributed by atoms with Crippen LogP contribution in [0.2, 0.25) is 0 Å². The van der Waals surface area contributed by atoms with Gasteiger partial charge in [0.2, 0.25) is 0 Å². The summed E-state index contributed by atoms with van der Waals surface area (Å²) in [5.74, 6) is -1.83. The molecule has 0 aliphatic rings. The second-order valence-electron chi connectivity index (χ2n) is 2.66. The lowest BCUT2D eigenvalue weighted by atomic mass is 10.2. The van der Waals surface area contributed by atoms with Gasteiger partial charge >= 0.3 is 11.9 Å². The summed E-state index contributed by atoms with van der Waals surface area (Å²) in [7, 11) is 0. The van der Waals surface area contributed by atoms with Gasteiger partial charge in [0.1, 0.15) is 5.56 Å². The van der Waals surface area contributed by atoms with Crippen molar-refractivity contribution in [2.45, 2.75) is 6.92 Å². The SMILES string of the molecule is CC(=O)OC(=O)c1ccccc1[N+](=O)[O-]. The molecule has 0 N–H and O–H groups in total. The first-order valence-electron chi connectivity index (χ1n) is 3.98. The molecule has 0 spiro atoms. The molecule has 0 atom stereocenters. The summed E-state index contributed by atoms with van der Waals surface area (Å²) in [6.45, 7) is 1.05. The van der Waals surface area contributed by atoms with E-state index in [0.717, 1.165) is 13.0 Å². The topological polar surface area (TPSA) is 86.5 Å². The summed E-state index contributed by atoms with van der Waals surface area (Å²) < 4.78 is 4.24. The standard InChI is InChI=1S/C9H7NO5/c1-6(11)15-9(12)7-4-2-3-5-8(7)10(13)14/h2-5H,1H3. The fourth-order valence-corrected chi connectivity index (χ4v) is 0.991. The maximum absolute atomic E-state index is 11.2. The molecule has 0 aromatic heterocycles. The van der Waals surface area contributed by atoms with Crippen molar-refractivity contribution in [2.24, 2.45) is 0 Å². The summed E-state index contributed by atoms with van der Waals surface area (Å²) in [6.07, 6.45) is 0. The number of carbonyl (C=O) groups excluding carboxylic acids is 2. The Hall–Kier alpha value is -2.24. The molecule has 0 aliphatic heterocycles. The normalized spacial score (nSPS) is 9.40. The van der Waals surface area contributed by atoms with Gasteiger partial charge < -0.3 is 4.74 Å². The minimum atomic E-state index is -1.02. The number of esters is 2. The van der Waals surface area contributed by atoms with Crippen molar-refractivity contribution in [1.82, 2.24) is 0 Å². The van der Waals surface area contributed by atoms with E-state index < -0.39 is 16.9 Å². The number of nitrogens with zero attached hydrogens (tertiary/aromatic N) is 1. The van der Waals surface area contributed by atoms with E-state index in [9.17, 15) is 19.7 Å². The molecule has 6 heteroatoms. The number of nitro benzene ring substituents is 1. The van der Waals surface area contributed by atoms with E-state index in [4.69, 9.17) is 0 Å². The van der Waals surface area contributed by atoms with E-state index in [0.29, 0.717) is 0 Å². The third-order valence-corrected chi connectivity index (χ3v) is 1.56. The second kappa shape index (κ2) is 4.32. The van der Waals surface area contributed by atoms with E-state index in [1.807, 2.05) is 0 Å². The number of ether oxygens (including phenoxy) is 1. The molecule has 0 aliphatic carbocycles. The van der Waals surface area contributed by atoms with Crippen LogP contribution in [-0.4, -0.2) is 16.9 Å². The van der Waals surface area contributed by atoms with Gasteiger partial charge in [-0.1, -0.05) is 12.1 Å². The van der Waals surface area contributed by atoms with Crippen LogP contribution < -0.4 is 0 Å². The van der Waals surface area contributed by atoms with Gasteiger partial charge in [0.15, 0.2) is 0 Å². The number of carbonyl (C=O) groups is 2. The van der Waals surface area contributed by atoms with Gasteiger partial charge in [0.25, 0.3) is 5.69 Å². The molecule has 1 aromatic rings. The summed E-state index contributed by atoms with van der Waals surface area (Å²) >= 11 is 0. The molecule has 1 aromatic carbocycles. The minimum absolute atomic E-state index is 0.238. The number of hydrogen-bond acceptors (Lipinski definition) is 5. The molecule has 0 saturated heterocycles. The largest absolute Gasteiger partial charge is 0.389 e. The summed E-state index contributed by atoms with van der Waals surface area (Å²) in [6, 6.07) is 5.26. The highest BCUT2D eigenvalue weighted by molar-refractivity contribution is 5.99. The molecule has 0 fully saturated rings. The van der Waals surface area contributed by atoms with Gasteiger partial charge in [-0.25, -0.2) is 4.79 Å². The smallest absolute Gasteiger partial charge is 0.352 e. The van der Waals surface area contributed by atoms with E-state index in [-0.39, 0.29) is 11.3 Å². The molecule has 6 nitrogen and oxygen atoms in total. The predicted octanol–water partition coefficient (Wildman–Crippen LogP) is 1.30. The Balaban J connectivity index is 3.08. The zero-order valence-electron chi connectivity index (χ0n) is 7.80. The molecule has 15 heavy (non-hydrogen) atoms. The van der Waals surface area contributed by atoms with Crippen molar-refractivity contribution in [3.8, 4) is 0 Å². The number of hydrogen-bond donors (Lipinski definition) is 0. The van der Waals surface area contributed by atoms with Crippen molar-refractivity contribution < 1.29 is 19.2 Å². The van der Waals surface area contributed by atoms with E-state index in [2.05, 4.69) is 4.74 Å². The molecule has 0 amide bonds. The molecule has 0 bridgehead atoms. The first-order chi connectivity index (χ1) is 7.02. The average molecular weight is 209 g/mol. The Kier molecular flexibility index (Phi) is 3.12. The number of rotatable bonds is 2. The summed E-state index contributed by atoms with van der Waals surface area (Å²) in [5, 5.41) is 10.5. The van der Waals surface area contributed by atoms with Crippen LogP contribution in [0.1, 0.15) is 17.3 Å². The van der Waals surface area contributed by atoms with E-state index >= 15 is 0 Å². The van der Waals surface area contributed by atoms with E-state index in [1.165, 1.54) is 18.2 Å². The molecule has 0 radical (unpaired) electrons. The van der Waals surface area contributed by atoms with Gasteiger partial charge in [-0.2, -0.15) is 0 Å². The monoisotopic (exact) mass is 209 g/mol. The molecule has 0 unspecified atom stereocenters. The van der Waals surface area contributed by atoms with E-state index in [1.54, 1.807) is 0 Å². The van der Waals surface area contributed by atoms with Crippen LogP contribution >= 0.6 is 0 Å². The Labute approximate surface area is 84.6 Å². The first kappa shape index (κ1) is 10.8. The zero-order chi connectivity index (χ0) is 11.4. The highest BCUT2D eigenvalue weighted by atomic mass is 16.6. The van der Waals surface area contributed by atoms with Crippen LogP contribution in [0.15, 0.2) is 24.3 Å². The number of benzene rings is 1.